The maximum Gasteiger partial charge on any atom is 0.342 e. The van der Waals surface area contributed by atoms with E-state index >= 15 is 0 Å². The average Bonchev–Trinajstić information content (AvgIpc) is 2.74. The van der Waals surface area contributed by atoms with Crippen molar-refractivity contribution in [3.8, 4) is 34.5 Å². The van der Waals surface area contributed by atoms with Crippen LogP contribution in [0.3, 0.4) is 0 Å². The minimum absolute atomic E-state index is 0.0631. The van der Waals surface area contributed by atoms with E-state index in [9.17, 15) is 30.0 Å². The van der Waals surface area contributed by atoms with E-state index in [1.165, 1.54) is 40.2 Å². The van der Waals surface area contributed by atoms with Gasteiger partial charge in [0.15, 0.2) is 29.1 Å². The van der Waals surface area contributed by atoms with Gasteiger partial charge >= 0.3 is 11.9 Å². The predicted octanol–water partition coefficient (Wildman–Crippen LogP) is 2.09. The molecule has 0 spiro atoms. The second-order valence-corrected chi connectivity index (χ2v) is 7.67. The van der Waals surface area contributed by atoms with E-state index in [4.69, 9.17) is 23.7 Å². The lowest BCUT2D eigenvalue weighted by Crippen LogP contribution is -2.34. The molecule has 2 aromatic rings. The van der Waals surface area contributed by atoms with E-state index in [-0.39, 0.29) is 39.5 Å². The summed E-state index contributed by atoms with van der Waals surface area (Å²) >= 11 is 0. The minimum atomic E-state index is -1.25. The van der Waals surface area contributed by atoms with Crippen LogP contribution in [0.1, 0.15) is 57.9 Å². The normalized spacial score (nSPS) is 23.7. The van der Waals surface area contributed by atoms with Crippen LogP contribution in [0.15, 0.2) is 12.1 Å². The number of aliphatic hydroxyl groups is 1. The maximum atomic E-state index is 12.5. The highest BCUT2D eigenvalue weighted by molar-refractivity contribution is 5.98. The first-order valence-electron chi connectivity index (χ1n) is 9.93. The quantitative estimate of drug-likeness (QED) is 0.492. The summed E-state index contributed by atoms with van der Waals surface area (Å²) in [5.74, 6) is -3.94. The van der Waals surface area contributed by atoms with Crippen LogP contribution >= 0.6 is 0 Å². The number of phenolic OH excluding ortho intramolecular Hbond substituents is 3. The third-order valence-corrected chi connectivity index (χ3v) is 5.67. The number of cyclic esters (lactones) is 2. The number of aromatic hydroxyl groups is 3. The number of carbonyl (C=O) groups excluding carboxylic acids is 2. The van der Waals surface area contributed by atoms with Gasteiger partial charge in [-0.1, -0.05) is 0 Å². The molecule has 2 aliphatic heterocycles. The highest BCUT2D eigenvalue weighted by Crippen LogP contribution is 2.50. The van der Waals surface area contributed by atoms with Crippen molar-refractivity contribution in [1.29, 1.82) is 0 Å². The average molecular weight is 462 g/mol. The summed E-state index contributed by atoms with van der Waals surface area (Å²) in [4.78, 5) is 24.8. The molecule has 11 nitrogen and oxygen atoms in total. The number of rotatable bonds is 4. The number of ether oxygens (including phenoxy) is 5. The highest BCUT2D eigenvalue weighted by Gasteiger charge is 2.41. The fourth-order valence-corrected chi connectivity index (χ4v) is 4.06. The summed E-state index contributed by atoms with van der Waals surface area (Å²) in [7, 11) is 2.45. The van der Waals surface area contributed by atoms with Crippen LogP contribution in [-0.2, 0) is 9.47 Å². The number of carbonyl (C=O) groups is 2. The Morgan fingerprint density at radius 3 is 1.97 bits per heavy atom. The molecule has 11 heteroatoms. The van der Waals surface area contributed by atoms with Crippen LogP contribution in [0.4, 0.5) is 0 Å². The molecule has 0 aliphatic carbocycles. The van der Waals surface area contributed by atoms with Crippen molar-refractivity contribution in [3.63, 3.8) is 0 Å². The number of fused-ring (bicyclic) bond motifs is 2. The van der Waals surface area contributed by atoms with Crippen molar-refractivity contribution in [2.24, 2.45) is 0 Å². The van der Waals surface area contributed by atoms with Crippen molar-refractivity contribution < 1.29 is 53.7 Å². The molecular formula is C22H22O11. The lowest BCUT2D eigenvalue weighted by molar-refractivity contribution is -0.0231. The molecule has 0 saturated heterocycles. The van der Waals surface area contributed by atoms with E-state index in [2.05, 4.69) is 0 Å². The highest BCUT2D eigenvalue weighted by atomic mass is 16.6. The summed E-state index contributed by atoms with van der Waals surface area (Å²) in [5, 5.41) is 41.9. The van der Waals surface area contributed by atoms with Crippen molar-refractivity contribution in [2.45, 2.75) is 38.3 Å². The van der Waals surface area contributed by atoms with Crippen molar-refractivity contribution >= 4 is 11.9 Å². The molecule has 0 unspecified atom stereocenters. The van der Waals surface area contributed by atoms with Gasteiger partial charge in [0.25, 0.3) is 0 Å². The van der Waals surface area contributed by atoms with E-state index in [1.807, 2.05) is 0 Å². The summed E-state index contributed by atoms with van der Waals surface area (Å²) in [6.45, 7) is 3.02. The monoisotopic (exact) mass is 462 g/mol. The van der Waals surface area contributed by atoms with Crippen LogP contribution in [0.2, 0.25) is 0 Å². The van der Waals surface area contributed by atoms with Gasteiger partial charge < -0.3 is 44.1 Å². The van der Waals surface area contributed by atoms with E-state index in [0.717, 1.165) is 0 Å². The molecule has 2 heterocycles. The van der Waals surface area contributed by atoms with Crippen LogP contribution in [0.25, 0.3) is 0 Å². The summed E-state index contributed by atoms with van der Waals surface area (Å²) in [5.41, 5.74) is -0.352. The molecule has 0 radical (unpaired) electrons. The van der Waals surface area contributed by atoms with E-state index in [1.54, 1.807) is 0 Å². The van der Waals surface area contributed by atoms with Gasteiger partial charge in [-0.15, -0.1) is 0 Å². The van der Waals surface area contributed by atoms with E-state index in [0.29, 0.717) is 0 Å². The predicted molar refractivity (Wildman–Crippen MR) is 109 cm³/mol. The second-order valence-electron chi connectivity index (χ2n) is 7.67. The first kappa shape index (κ1) is 22.3. The molecule has 0 amide bonds. The molecule has 4 N–H and O–H groups in total. The number of hydrogen-bond donors (Lipinski definition) is 4. The van der Waals surface area contributed by atoms with Crippen LogP contribution in [-0.4, -0.2) is 58.8 Å². The van der Waals surface area contributed by atoms with Gasteiger partial charge in [0.2, 0.25) is 11.5 Å². The van der Waals surface area contributed by atoms with E-state index < -0.39 is 53.6 Å². The molecule has 2 aliphatic rings. The standard InChI is InChI=1S/C22H22O11/c1-7-15(24)9-6-12(20(30-4)17(26)13(9)21(27)31-7)33-18-8(2)32-22(28)14-10(18)5-11(23)19(29-3)16(14)25/h5-8,15,18,23-26H,1-4H3/t7-,8-,15-,18+/m1/s1. The Kier molecular flexibility index (Phi) is 5.36. The Balaban J connectivity index is 1.87. The largest absolute Gasteiger partial charge is 0.504 e. The van der Waals surface area contributed by atoms with Gasteiger partial charge in [-0.05, 0) is 26.0 Å². The zero-order chi connectivity index (χ0) is 24.2. The van der Waals surface area contributed by atoms with Gasteiger partial charge in [-0.25, -0.2) is 9.59 Å². The van der Waals surface area contributed by atoms with Crippen molar-refractivity contribution in [1.82, 2.24) is 0 Å². The fourth-order valence-electron chi connectivity index (χ4n) is 4.06. The first-order valence-corrected chi connectivity index (χ1v) is 9.93. The summed E-state index contributed by atoms with van der Waals surface area (Å²) in [6.07, 6.45) is -4.09. The summed E-state index contributed by atoms with van der Waals surface area (Å²) < 4.78 is 26.6. The fraction of sp³-hybridized carbons (Fsp3) is 0.364. The summed E-state index contributed by atoms with van der Waals surface area (Å²) in [6, 6.07) is 2.52. The molecule has 0 saturated carbocycles. The number of esters is 2. The zero-order valence-corrected chi connectivity index (χ0v) is 18.1. The SMILES string of the molecule is COc1c(O)cc2c(c1O)C(=O)O[C@H](C)[C@@H]2Oc1cc2c(c(O)c1OC)C(=O)O[C@H](C)[C@H]2O. The molecule has 0 bridgehead atoms. The molecule has 33 heavy (non-hydrogen) atoms. The lowest BCUT2D eigenvalue weighted by atomic mass is 9.93. The van der Waals surface area contributed by atoms with Crippen molar-refractivity contribution in [2.75, 3.05) is 14.2 Å². The molecule has 2 aromatic carbocycles. The Hall–Kier alpha value is -3.86. The second kappa shape index (κ2) is 7.93. The topological polar surface area (TPSA) is 161 Å². The van der Waals surface area contributed by atoms with Crippen molar-refractivity contribution in [3.05, 3.63) is 34.4 Å². The third-order valence-electron chi connectivity index (χ3n) is 5.67. The smallest absolute Gasteiger partial charge is 0.342 e. The van der Waals surface area contributed by atoms with Gasteiger partial charge in [0.05, 0.1) is 14.2 Å². The van der Waals surface area contributed by atoms with Gasteiger partial charge in [-0.3, -0.25) is 0 Å². The number of phenols is 3. The number of aliphatic hydroxyl groups excluding tert-OH is 1. The number of hydrogen-bond acceptors (Lipinski definition) is 11. The van der Waals surface area contributed by atoms with Gasteiger partial charge in [-0.2, -0.15) is 0 Å². The third kappa shape index (κ3) is 3.32. The number of benzene rings is 2. The van der Waals surface area contributed by atoms with Crippen LogP contribution in [0, 0.1) is 0 Å². The molecule has 0 aromatic heterocycles. The Morgan fingerprint density at radius 1 is 0.818 bits per heavy atom. The molecule has 4 rings (SSSR count). The van der Waals surface area contributed by atoms with Gasteiger partial charge in [0.1, 0.15) is 29.4 Å². The molecule has 176 valence electrons. The Bertz CT molecular complexity index is 1160. The van der Waals surface area contributed by atoms with Crippen LogP contribution in [0.5, 0.6) is 34.5 Å². The Labute approximate surface area is 187 Å². The van der Waals surface area contributed by atoms with Gasteiger partial charge in [0, 0.05) is 11.1 Å². The zero-order valence-electron chi connectivity index (χ0n) is 18.1. The first-order chi connectivity index (χ1) is 15.6. The minimum Gasteiger partial charge on any atom is -0.504 e. The molecule has 0 fully saturated rings. The maximum absolute atomic E-state index is 12.5. The Morgan fingerprint density at radius 2 is 1.36 bits per heavy atom. The van der Waals surface area contributed by atoms with Crippen LogP contribution < -0.4 is 14.2 Å². The number of methoxy groups -OCH3 is 2. The lowest BCUT2D eigenvalue weighted by Gasteiger charge is -2.33. The molecular weight excluding hydrogens is 440 g/mol. The molecule has 4 atom stereocenters.